The van der Waals surface area contributed by atoms with Crippen LogP contribution in [0.4, 0.5) is 0 Å². The van der Waals surface area contributed by atoms with Crippen LogP contribution in [0.25, 0.3) is 0 Å². The molecule has 0 aliphatic heterocycles. The number of aryl methyl sites for hydroxylation is 1. The number of benzene rings is 1. The van der Waals surface area contributed by atoms with Crippen molar-refractivity contribution in [1.29, 1.82) is 0 Å². The van der Waals surface area contributed by atoms with Crippen LogP contribution >= 0.6 is 23.2 Å². The second-order valence-electron chi connectivity index (χ2n) is 7.28. The summed E-state index contributed by atoms with van der Waals surface area (Å²) in [7, 11) is 0. The summed E-state index contributed by atoms with van der Waals surface area (Å²) in [5, 5.41) is 11.9. The summed E-state index contributed by atoms with van der Waals surface area (Å²) in [5.74, 6) is 0. The predicted molar refractivity (Wildman–Crippen MR) is 109 cm³/mol. The van der Waals surface area contributed by atoms with Crippen LogP contribution in [0.3, 0.4) is 0 Å². The fraction of sp³-hybridized carbons (Fsp3) is 0.579. The molecule has 0 amide bonds. The fourth-order valence-electron chi connectivity index (χ4n) is 2.62. The van der Waals surface area contributed by atoms with Crippen molar-refractivity contribution in [2.75, 3.05) is 0 Å². The molecule has 0 saturated heterocycles. The quantitative estimate of drug-likeness (QED) is 0.360. The van der Waals surface area contributed by atoms with Crippen LogP contribution in [0.1, 0.15) is 52.0 Å². The number of aliphatic hydroxyl groups excluding tert-OH is 1. The van der Waals surface area contributed by atoms with Crippen molar-refractivity contribution in [3.63, 3.8) is 0 Å². The first kappa shape index (κ1) is 21.9. The molecule has 2 unspecified atom stereocenters. The van der Waals surface area contributed by atoms with Gasteiger partial charge in [-0.3, -0.25) is 4.99 Å². The second-order valence-corrected chi connectivity index (χ2v) is 8.12. The van der Waals surface area contributed by atoms with E-state index in [0.717, 1.165) is 42.7 Å². The standard InChI is InChI=1S/C19H29Cl2N3O/c1-19(2,3)18(25)17(24-13-23-12-22)8-6-4-5-7-14-9-10-15(20)11-16(14)21/h9-13,17-18,25H,4-8H2,1-3H3,(H2,22,23,24). The third kappa shape index (κ3) is 8.21. The van der Waals surface area contributed by atoms with Crippen molar-refractivity contribution in [1.82, 2.24) is 0 Å². The molecule has 0 fully saturated rings. The van der Waals surface area contributed by atoms with E-state index in [9.17, 15) is 5.11 Å². The third-order valence-electron chi connectivity index (χ3n) is 4.12. The van der Waals surface area contributed by atoms with E-state index in [2.05, 4.69) is 9.98 Å². The highest BCUT2D eigenvalue weighted by molar-refractivity contribution is 6.35. The molecule has 2 atom stereocenters. The van der Waals surface area contributed by atoms with E-state index < -0.39 is 6.10 Å². The Bertz CT molecular complexity index is 583. The Morgan fingerprint density at radius 1 is 1.20 bits per heavy atom. The molecule has 0 saturated carbocycles. The van der Waals surface area contributed by atoms with Gasteiger partial charge >= 0.3 is 0 Å². The maximum atomic E-state index is 10.5. The zero-order valence-electron chi connectivity index (χ0n) is 15.3. The summed E-state index contributed by atoms with van der Waals surface area (Å²) in [4.78, 5) is 8.17. The molecule has 0 spiro atoms. The summed E-state index contributed by atoms with van der Waals surface area (Å²) in [6.45, 7) is 6.03. The Labute approximate surface area is 161 Å². The van der Waals surface area contributed by atoms with Gasteiger partial charge in [0.15, 0.2) is 0 Å². The predicted octanol–water partition coefficient (Wildman–Crippen LogP) is 4.89. The smallest absolute Gasteiger partial charge is 0.112 e. The Morgan fingerprint density at radius 2 is 1.92 bits per heavy atom. The minimum Gasteiger partial charge on any atom is -0.390 e. The summed E-state index contributed by atoms with van der Waals surface area (Å²) in [6, 6.07) is 5.45. The number of hydrogen-bond acceptors (Lipinski definition) is 2. The third-order valence-corrected chi connectivity index (χ3v) is 4.71. The van der Waals surface area contributed by atoms with Crippen molar-refractivity contribution in [3.8, 4) is 0 Å². The molecule has 0 aliphatic rings. The van der Waals surface area contributed by atoms with E-state index in [1.807, 2.05) is 32.9 Å². The topological polar surface area (TPSA) is 71.0 Å². The SMILES string of the molecule is CC(C)(C)C(O)C(CCCCCc1ccc(Cl)cc1Cl)N=CN=CN. The van der Waals surface area contributed by atoms with E-state index in [4.69, 9.17) is 28.9 Å². The lowest BCUT2D eigenvalue weighted by atomic mass is 9.83. The van der Waals surface area contributed by atoms with Gasteiger partial charge in [-0.1, -0.05) is 62.9 Å². The van der Waals surface area contributed by atoms with Gasteiger partial charge in [-0.15, -0.1) is 0 Å². The zero-order chi connectivity index (χ0) is 18.9. The molecule has 0 aliphatic carbocycles. The van der Waals surface area contributed by atoms with Crippen molar-refractivity contribution in [2.45, 2.75) is 65.0 Å². The molecule has 1 aromatic carbocycles. The highest BCUT2D eigenvalue weighted by Crippen LogP contribution is 2.27. The first-order valence-corrected chi connectivity index (χ1v) is 9.38. The van der Waals surface area contributed by atoms with Crippen LogP contribution in [0, 0.1) is 5.41 Å². The van der Waals surface area contributed by atoms with Gasteiger partial charge in [-0.05, 0) is 42.4 Å². The number of unbranched alkanes of at least 4 members (excludes halogenated alkanes) is 2. The van der Waals surface area contributed by atoms with Gasteiger partial charge in [-0.2, -0.15) is 0 Å². The lowest BCUT2D eigenvalue weighted by molar-refractivity contribution is 0.0383. The first-order chi connectivity index (χ1) is 11.8. The Morgan fingerprint density at radius 3 is 2.52 bits per heavy atom. The number of aliphatic imine (C=N–C) groups is 2. The molecule has 3 N–H and O–H groups in total. The van der Waals surface area contributed by atoms with Gasteiger partial charge in [0, 0.05) is 10.0 Å². The fourth-order valence-corrected chi connectivity index (χ4v) is 3.13. The van der Waals surface area contributed by atoms with Crippen molar-refractivity contribution < 1.29 is 5.11 Å². The molecule has 0 aromatic heterocycles. The molecule has 4 nitrogen and oxygen atoms in total. The van der Waals surface area contributed by atoms with Gasteiger partial charge in [0.1, 0.15) is 6.34 Å². The molecular weight excluding hydrogens is 357 g/mol. The number of rotatable bonds is 9. The second kappa shape index (κ2) is 10.8. The summed E-state index contributed by atoms with van der Waals surface area (Å²) in [5.41, 5.74) is 6.12. The van der Waals surface area contributed by atoms with Crippen LogP contribution in [-0.2, 0) is 6.42 Å². The molecule has 0 bridgehead atoms. The molecular formula is C19H29Cl2N3O. The van der Waals surface area contributed by atoms with Gasteiger partial charge in [0.05, 0.1) is 18.5 Å². The number of nitrogens with zero attached hydrogens (tertiary/aromatic N) is 2. The highest BCUT2D eigenvalue weighted by Gasteiger charge is 2.29. The monoisotopic (exact) mass is 385 g/mol. The number of hydrogen-bond donors (Lipinski definition) is 2. The van der Waals surface area contributed by atoms with E-state index in [0.29, 0.717) is 5.02 Å². The summed E-state index contributed by atoms with van der Waals surface area (Å²) >= 11 is 12.1. The largest absolute Gasteiger partial charge is 0.390 e. The maximum absolute atomic E-state index is 10.5. The number of aliphatic hydroxyl groups is 1. The Kier molecular flexibility index (Phi) is 9.47. The Balaban J connectivity index is 2.48. The van der Waals surface area contributed by atoms with Crippen LogP contribution in [0.5, 0.6) is 0 Å². The minimum absolute atomic E-state index is 0.178. The molecule has 6 heteroatoms. The maximum Gasteiger partial charge on any atom is 0.112 e. The van der Waals surface area contributed by atoms with Crippen molar-refractivity contribution >= 4 is 35.9 Å². The summed E-state index contributed by atoms with van der Waals surface area (Å²) in [6.07, 6.45) is 6.88. The summed E-state index contributed by atoms with van der Waals surface area (Å²) < 4.78 is 0. The van der Waals surface area contributed by atoms with Crippen molar-refractivity contribution in [3.05, 3.63) is 33.8 Å². The molecule has 1 aromatic rings. The van der Waals surface area contributed by atoms with E-state index in [-0.39, 0.29) is 11.5 Å². The van der Waals surface area contributed by atoms with Gasteiger partial charge < -0.3 is 10.8 Å². The molecule has 0 heterocycles. The molecule has 25 heavy (non-hydrogen) atoms. The zero-order valence-corrected chi connectivity index (χ0v) is 16.8. The van der Waals surface area contributed by atoms with Crippen LogP contribution in [0.15, 0.2) is 28.2 Å². The van der Waals surface area contributed by atoms with E-state index >= 15 is 0 Å². The van der Waals surface area contributed by atoms with Gasteiger partial charge in [0.25, 0.3) is 0 Å². The van der Waals surface area contributed by atoms with Gasteiger partial charge in [0.2, 0.25) is 0 Å². The molecule has 1 rings (SSSR count). The normalized spacial score (nSPS) is 15.1. The Hall–Kier alpha value is -1.10. The molecule has 140 valence electrons. The van der Waals surface area contributed by atoms with E-state index in [1.165, 1.54) is 12.7 Å². The first-order valence-electron chi connectivity index (χ1n) is 8.62. The lowest BCUT2D eigenvalue weighted by Crippen LogP contribution is -2.36. The van der Waals surface area contributed by atoms with Crippen LogP contribution in [0.2, 0.25) is 10.0 Å². The van der Waals surface area contributed by atoms with Crippen molar-refractivity contribution in [2.24, 2.45) is 21.1 Å². The minimum atomic E-state index is -0.526. The lowest BCUT2D eigenvalue weighted by Gasteiger charge is -2.30. The average molecular weight is 386 g/mol. The van der Waals surface area contributed by atoms with Gasteiger partial charge in [-0.25, -0.2) is 4.99 Å². The van der Waals surface area contributed by atoms with E-state index in [1.54, 1.807) is 6.07 Å². The molecule has 0 radical (unpaired) electrons. The number of halogens is 2. The highest BCUT2D eigenvalue weighted by atomic mass is 35.5. The van der Waals surface area contributed by atoms with Crippen LogP contribution in [-0.4, -0.2) is 29.9 Å². The van der Waals surface area contributed by atoms with Crippen LogP contribution < -0.4 is 5.73 Å². The number of nitrogens with two attached hydrogens (primary N) is 1. The average Bonchev–Trinajstić information content (AvgIpc) is 2.53.